The van der Waals surface area contributed by atoms with E-state index in [0.29, 0.717) is 11.3 Å². The molecule has 0 N–H and O–H groups in total. The second kappa shape index (κ2) is 10.6. The first kappa shape index (κ1) is 25.1. The summed E-state index contributed by atoms with van der Waals surface area (Å²) >= 11 is 0. The van der Waals surface area contributed by atoms with Crippen molar-refractivity contribution in [2.75, 3.05) is 0 Å². The fraction of sp³-hybridized carbons (Fsp3) is 0.250. The molecule has 4 aromatic heterocycles. The van der Waals surface area contributed by atoms with Crippen LogP contribution in [0.15, 0.2) is 77.5 Å². The summed E-state index contributed by atoms with van der Waals surface area (Å²) in [5, 5.41) is 2.08. The summed E-state index contributed by atoms with van der Waals surface area (Å²) in [7, 11) is 0. The molecule has 0 amide bonds. The van der Waals surface area contributed by atoms with E-state index in [1.54, 1.807) is 6.07 Å². The Labute approximate surface area is 259 Å². The van der Waals surface area contributed by atoms with E-state index >= 15 is 0 Å². The third-order valence-electron chi connectivity index (χ3n) is 8.50. The first-order valence-electron chi connectivity index (χ1n) is 14.9. The van der Waals surface area contributed by atoms with Gasteiger partial charge >= 0.3 is 0 Å². The molecule has 0 bridgehead atoms. The quantitative estimate of drug-likeness (QED) is 0.160. The number of benzene rings is 2. The van der Waals surface area contributed by atoms with E-state index in [9.17, 15) is 0 Å². The van der Waals surface area contributed by atoms with Crippen LogP contribution in [-0.4, -0.2) is 15.0 Å². The maximum atomic E-state index is 7.65. The number of pyridine rings is 3. The zero-order chi connectivity index (χ0) is 30.7. The summed E-state index contributed by atoms with van der Waals surface area (Å²) in [6.45, 7) is 10.6. The number of hydrogen-bond acceptors (Lipinski definition) is 4. The molecule has 0 saturated heterocycles. The Bertz CT molecular complexity index is 2010. The van der Waals surface area contributed by atoms with Crippen LogP contribution in [-0.2, 0) is 30.9 Å². The Hall–Kier alpha value is -3.66. The van der Waals surface area contributed by atoms with Crippen LogP contribution in [0.1, 0.15) is 59.8 Å². The van der Waals surface area contributed by atoms with Gasteiger partial charge in [0.1, 0.15) is 0 Å². The molecule has 0 atom stereocenters. The van der Waals surface area contributed by atoms with Crippen molar-refractivity contribution in [1.29, 1.82) is 0 Å². The number of furan rings is 1. The summed E-state index contributed by atoms with van der Waals surface area (Å²) in [5.74, 6) is 0. The van der Waals surface area contributed by atoms with Crippen LogP contribution in [0.3, 0.4) is 0 Å². The topological polar surface area (TPSA) is 51.8 Å². The normalized spacial score (nSPS) is 15.8. The summed E-state index contributed by atoms with van der Waals surface area (Å²) in [5.41, 5.74) is 9.30. The third kappa shape index (κ3) is 4.81. The summed E-state index contributed by atoms with van der Waals surface area (Å²) < 4.78 is 28.9. The van der Waals surface area contributed by atoms with Crippen LogP contribution in [0.25, 0.3) is 44.6 Å². The molecule has 209 valence electrons. The van der Waals surface area contributed by atoms with Gasteiger partial charge in [0.2, 0.25) is 5.71 Å². The van der Waals surface area contributed by atoms with Gasteiger partial charge in [0.05, 0.1) is 5.58 Å². The van der Waals surface area contributed by atoms with E-state index in [4.69, 9.17) is 8.53 Å². The molecule has 41 heavy (non-hydrogen) atoms. The maximum absolute atomic E-state index is 7.65. The molecule has 0 aliphatic heterocycles. The molecule has 0 fully saturated rings. The summed E-state index contributed by atoms with van der Waals surface area (Å²) in [6.07, 6.45) is 3.28. The van der Waals surface area contributed by atoms with Crippen molar-refractivity contribution in [1.82, 2.24) is 15.0 Å². The summed E-state index contributed by atoms with van der Waals surface area (Å²) in [4.78, 5) is 13.4. The molecular formula is C36H33IrN3O-2. The van der Waals surface area contributed by atoms with Gasteiger partial charge in [-0.2, -0.15) is 0 Å². The molecule has 1 radical (unpaired) electrons. The molecule has 2 aromatic carbocycles. The smallest absolute Gasteiger partial charge is 0.216 e. The molecule has 0 saturated carbocycles. The first-order chi connectivity index (χ1) is 20.3. The standard InChI is InChI=1S/C18H13N2O.C18H20N.Ir/c1-11-8-9-19-16(10-11)15-5-3-4-13-14-7-6-12(2)20-18(14)21-17(13)15;1-12-10-15-16(19-11-12)13-8-6-7-9-14(13)17(2,3)18(15,4)5;/h3-4,6-10H,1-2H3;6-7,9-11H,1-5H3;/q2*-1;/i;1D3;. The van der Waals surface area contributed by atoms with E-state index in [-0.39, 0.29) is 30.9 Å². The van der Waals surface area contributed by atoms with E-state index < -0.39 is 6.85 Å². The van der Waals surface area contributed by atoms with Gasteiger partial charge in [0.15, 0.2) is 0 Å². The maximum Gasteiger partial charge on any atom is 0.216 e. The Morgan fingerprint density at radius 2 is 1.59 bits per heavy atom. The van der Waals surface area contributed by atoms with Crippen LogP contribution >= 0.6 is 0 Å². The van der Waals surface area contributed by atoms with Crippen molar-refractivity contribution in [2.24, 2.45) is 0 Å². The number of fused-ring (bicyclic) bond motifs is 6. The minimum atomic E-state index is -2.14. The average Bonchev–Trinajstić information content (AvgIpc) is 3.34. The van der Waals surface area contributed by atoms with Crippen molar-refractivity contribution in [3.05, 3.63) is 113 Å². The van der Waals surface area contributed by atoms with Gasteiger partial charge in [-0.05, 0) is 66.7 Å². The van der Waals surface area contributed by atoms with E-state index in [1.807, 2.05) is 55.6 Å². The van der Waals surface area contributed by atoms with Crippen LogP contribution in [0, 0.1) is 32.8 Å². The molecule has 0 unspecified atom stereocenters. The van der Waals surface area contributed by atoms with Gasteiger partial charge in [-0.3, -0.25) is 0 Å². The van der Waals surface area contributed by atoms with Crippen molar-refractivity contribution in [3.8, 4) is 22.5 Å². The fourth-order valence-corrected chi connectivity index (χ4v) is 5.55. The zero-order valence-corrected chi connectivity index (χ0v) is 26.4. The average molecular weight is 719 g/mol. The van der Waals surface area contributed by atoms with Crippen molar-refractivity contribution >= 4 is 22.1 Å². The molecule has 4 heterocycles. The number of hydrogen-bond donors (Lipinski definition) is 0. The van der Waals surface area contributed by atoms with Crippen LogP contribution in [0.5, 0.6) is 0 Å². The zero-order valence-electron chi connectivity index (χ0n) is 27.0. The monoisotopic (exact) mass is 719 g/mol. The van der Waals surface area contributed by atoms with Crippen molar-refractivity contribution in [2.45, 2.75) is 59.2 Å². The first-order valence-corrected chi connectivity index (χ1v) is 13.4. The minimum Gasteiger partial charge on any atom is -0.486 e. The number of nitrogens with zero attached hydrogens (tertiary/aromatic N) is 3. The molecule has 6 aromatic rings. The predicted octanol–water partition coefficient (Wildman–Crippen LogP) is 8.88. The number of rotatable bonds is 1. The molecule has 5 heteroatoms. The fourth-order valence-electron chi connectivity index (χ4n) is 5.55. The van der Waals surface area contributed by atoms with Crippen LogP contribution in [0.4, 0.5) is 0 Å². The van der Waals surface area contributed by atoms with Gasteiger partial charge in [-0.15, -0.1) is 53.6 Å². The van der Waals surface area contributed by atoms with Crippen molar-refractivity contribution in [3.63, 3.8) is 0 Å². The minimum absolute atomic E-state index is 0. The Morgan fingerprint density at radius 3 is 2.37 bits per heavy atom. The largest absolute Gasteiger partial charge is 0.486 e. The molecule has 4 nitrogen and oxygen atoms in total. The second-order valence-corrected chi connectivity index (χ2v) is 11.6. The number of aryl methyl sites for hydroxylation is 3. The van der Waals surface area contributed by atoms with Crippen LogP contribution in [0.2, 0.25) is 0 Å². The van der Waals surface area contributed by atoms with Crippen LogP contribution < -0.4 is 0 Å². The summed E-state index contributed by atoms with van der Waals surface area (Å²) in [6, 6.07) is 26.3. The molecule has 1 aliphatic carbocycles. The van der Waals surface area contributed by atoms with Gasteiger partial charge in [0, 0.05) is 47.7 Å². The molecule has 1 aliphatic rings. The van der Waals surface area contributed by atoms with Gasteiger partial charge in [-0.1, -0.05) is 61.9 Å². The van der Waals surface area contributed by atoms with E-state index in [0.717, 1.165) is 55.7 Å². The van der Waals surface area contributed by atoms with Crippen molar-refractivity contribution < 1.29 is 28.6 Å². The van der Waals surface area contributed by atoms with Gasteiger partial charge in [-0.25, -0.2) is 4.98 Å². The van der Waals surface area contributed by atoms with Gasteiger partial charge < -0.3 is 14.4 Å². The second-order valence-electron chi connectivity index (χ2n) is 11.6. The molecular weight excluding hydrogens is 683 g/mol. The van der Waals surface area contributed by atoms with Gasteiger partial charge in [0.25, 0.3) is 0 Å². The number of aromatic nitrogens is 3. The molecule has 0 spiro atoms. The Balaban J connectivity index is 0.000000171. The SMILES string of the molecule is Cc1ccnc(-c2[c-]ccc3c2oc2nc(C)ccc23)c1.[2H]C([2H])([2H])c1cnc2c(c1)C(C)(C)C(C)(C)c1ccc[c-]c1-2.[Ir]. The Kier molecular flexibility index (Phi) is 6.50. The van der Waals surface area contributed by atoms with E-state index in [1.165, 1.54) is 11.8 Å². The predicted molar refractivity (Wildman–Crippen MR) is 162 cm³/mol. The third-order valence-corrected chi connectivity index (χ3v) is 8.50. The molecule has 7 rings (SSSR count). The Morgan fingerprint density at radius 1 is 0.805 bits per heavy atom. The van der Waals surface area contributed by atoms with E-state index in [2.05, 4.69) is 73.8 Å².